The van der Waals surface area contributed by atoms with E-state index in [2.05, 4.69) is 17.0 Å². The van der Waals surface area contributed by atoms with Crippen LogP contribution in [-0.2, 0) is 17.9 Å². The van der Waals surface area contributed by atoms with Gasteiger partial charge in [-0.1, -0.05) is 29.8 Å². The number of aromatic nitrogens is 3. The summed E-state index contributed by atoms with van der Waals surface area (Å²) in [6.07, 6.45) is 1.54. The van der Waals surface area contributed by atoms with Gasteiger partial charge in [-0.05, 0) is 30.3 Å². The summed E-state index contributed by atoms with van der Waals surface area (Å²) in [7, 11) is 0. The maximum atomic E-state index is 14.0. The molecule has 3 aromatic rings. The molecule has 0 spiro atoms. The number of benzene rings is 2. The third-order valence-electron chi connectivity index (χ3n) is 4.75. The van der Waals surface area contributed by atoms with E-state index in [4.69, 9.17) is 11.6 Å². The molecule has 32 heavy (non-hydrogen) atoms. The highest BCUT2D eigenvalue weighted by Crippen LogP contribution is 2.20. The van der Waals surface area contributed by atoms with E-state index >= 15 is 0 Å². The van der Waals surface area contributed by atoms with E-state index in [9.17, 15) is 23.5 Å². The number of hydrogen-bond acceptors (Lipinski definition) is 5. The number of nitrogens with one attached hydrogen (secondary N) is 1. The quantitative estimate of drug-likeness (QED) is 0.452. The molecule has 0 fully saturated rings. The van der Waals surface area contributed by atoms with Crippen molar-refractivity contribution in [2.24, 2.45) is 0 Å². The molecule has 1 atom stereocenters. The maximum Gasteiger partial charge on any atom is 0.346 e. The van der Waals surface area contributed by atoms with Crippen LogP contribution in [0.25, 0.3) is 11.4 Å². The molecule has 2 aromatic carbocycles. The number of halogens is 3. The number of hydrogen-bond donors (Lipinski definition) is 2. The topological polar surface area (TPSA) is 89.2 Å². The van der Waals surface area contributed by atoms with Gasteiger partial charge in [0, 0.05) is 22.7 Å². The summed E-state index contributed by atoms with van der Waals surface area (Å²) in [6, 6.07) is 9.33. The number of carbonyl (C=O) groups is 1. The van der Waals surface area contributed by atoms with Gasteiger partial charge in [-0.15, -0.1) is 11.7 Å². The lowest BCUT2D eigenvalue weighted by Gasteiger charge is -2.17. The molecule has 10 heteroatoms. The summed E-state index contributed by atoms with van der Waals surface area (Å²) in [5, 5.41) is 17.0. The Kier molecular flexibility index (Phi) is 7.68. The minimum Gasteiger partial charge on any atom is -0.394 e. The molecule has 0 aliphatic carbocycles. The molecule has 0 saturated heterocycles. The van der Waals surface area contributed by atoms with E-state index in [0.717, 1.165) is 10.7 Å². The summed E-state index contributed by atoms with van der Waals surface area (Å²) >= 11 is 5.92. The van der Waals surface area contributed by atoms with Gasteiger partial charge in [-0.2, -0.15) is 0 Å². The van der Waals surface area contributed by atoms with E-state index in [1.165, 1.54) is 22.8 Å². The fourth-order valence-corrected chi connectivity index (χ4v) is 3.30. The average Bonchev–Trinajstić information content (AvgIpc) is 3.07. The van der Waals surface area contributed by atoms with Gasteiger partial charge in [0.2, 0.25) is 0 Å². The van der Waals surface area contributed by atoms with Crippen molar-refractivity contribution in [3.63, 3.8) is 0 Å². The molecule has 2 N–H and O–H groups in total. The normalized spacial score (nSPS) is 12.0. The van der Waals surface area contributed by atoms with Crippen LogP contribution in [-0.4, -0.2) is 38.4 Å². The number of nitrogens with zero attached hydrogens (tertiary/aromatic N) is 3. The zero-order chi connectivity index (χ0) is 23.3. The Balaban J connectivity index is 1.76. The maximum absolute atomic E-state index is 14.0. The first-order chi connectivity index (χ1) is 15.3. The minimum absolute atomic E-state index is 0.0993. The molecule has 0 aliphatic heterocycles. The van der Waals surface area contributed by atoms with Gasteiger partial charge in [0.1, 0.15) is 6.54 Å². The van der Waals surface area contributed by atoms with Crippen molar-refractivity contribution in [3.8, 4) is 11.4 Å². The lowest BCUT2D eigenvalue weighted by atomic mass is 10.1. The lowest BCUT2D eigenvalue weighted by Crippen LogP contribution is -2.35. The van der Waals surface area contributed by atoms with Crippen molar-refractivity contribution in [3.05, 3.63) is 87.8 Å². The largest absolute Gasteiger partial charge is 0.394 e. The predicted octanol–water partition coefficient (Wildman–Crippen LogP) is 2.72. The van der Waals surface area contributed by atoms with Crippen LogP contribution in [0.3, 0.4) is 0 Å². The Hall–Kier alpha value is -3.14. The lowest BCUT2D eigenvalue weighted by molar-refractivity contribution is -0.119. The standard InChI is InChI=1S/C22H21ClF2N4O3/c1-2-10-28-21(14-6-8-15(23)9-7-14)27-29(22(28)32)12-16(31)11-26-19(13-30)17-4-3-5-18(24)20(17)25/h2-9,19,26,30H,1,10-13H2. The fourth-order valence-electron chi connectivity index (χ4n) is 3.17. The Bertz CT molecular complexity index is 1170. The number of Topliss-reactive ketones (excluding diaryl/α,β-unsaturated/α-hetero) is 1. The van der Waals surface area contributed by atoms with Gasteiger partial charge in [0.15, 0.2) is 23.2 Å². The van der Waals surface area contributed by atoms with Crippen LogP contribution in [0.15, 0.2) is 59.9 Å². The van der Waals surface area contributed by atoms with Crippen LogP contribution in [0.5, 0.6) is 0 Å². The van der Waals surface area contributed by atoms with Crippen LogP contribution in [0, 0.1) is 11.6 Å². The van der Waals surface area contributed by atoms with Crippen molar-refractivity contribution in [1.29, 1.82) is 0 Å². The highest BCUT2D eigenvalue weighted by molar-refractivity contribution is 6.30. The number of carbonyl (C=O) groups excluding carboxylic acids is 1. The Morgan fingerprint density at radius 3 is 2.62 bits per heavy atom. The summed E-state index contributed by atoms with van der Waals surface area (Å²) in [4.78, 5) is 25.2. The smallest absolute Gasteiger partial charge is 0.346 e. The fraction of sp³-hybridized carbons (Fsp3) is 0.227. The zero-order valence-electron chi connectivity index (χ0n) is 17.0. The molecule has 1 aromatic heterocycles. The van der Waals surface area contributed by atoms with E-state index in [1.54, 1.807) is 24.3 Å². The molecule has 7 nitrogen and oxygen atoms in total. The van der Waals surface area contributed by atoms with Gasteiger partial charge < -0.3 is 10.4 Å². The third-order valence-corrected chi connectivity index (χ3v) is 5.00. The van der Waals surface area contributed by atoms with Crippen molar-refractivity contribution in [2.45, 2.75) is 19.1 Å². The van der Waals surface area contributed by atoms with Gasteiger partial charge in [-0.3, -0.25) is 9.36 Å². The molecule has 0 aliphatic rings. The van der Waals surface area contributed by atoms with Crippen LogP contribution >= 0.6 is 11.6 Å². The Morgan fingerprint density at radius 2 is 1.97 bits per heavy atom. The monoisotopic (exact) mass is 462 g/mol. The molecular weight excluding hydrogens is 442 g/mol. The summed E-state index contributed by atoms with van der Waals surface area (Å²) < 4.78 is 29.8. The third kappa shape index (κ3) is 5.18. The van der Waals surface area contributed by atoms with Gasteiger partial charge in [0.05, 0.1) is 19.2 Å². The molecule has 168 valence electrons. The number of ketones is 1. The van der Waals surface area contributed by atoms with Crippen molar-refractivity contribution in [2.75, 3.05) is 13.2 Å². The van der Waals surface area contributed by atoms with E-state index < -0.39 is 35.8 Å². The van der Waals surface area contributed by atoms with E-state index in [0.29, 0.717) is 16.4 Å². The second-order valence-electron chi connectivity index (χ2n) is 6.97. The number of aliphatic hydroxyl groups excluding tert-OH is 1. The number of rotatable bonds is 10. The highest BCUT2D eigenvalue weighted by atomic mass is 35.5. The van der Waals surface area contributed by atoms with E-state index in [1.807, 2.05) is 0 Å². The first-order valence-corrected chi connectivity index (χ1v) is 10.1. The van der Waals surface area contributed by atoms with Crippen LogP contribution < -0.4 is 11.0 Å². The van der Waals surface area contributed by atoms with Crippen LogP contribution in [0.1, 0.15) is 11.6 Å². The SMILES string of the molecule is C=CCn1c(-c2ccc(Cl)cc2)nn(CC(=O)CNC(CO)c2cccc(F)c2F)c1=O. The Labute approximate surface area is 187 Å². The van der Waals surface area contributed by atoms with Crippen molar-refractivity contribution in [1.82, 2.24) is 19.7 Å². The first kappa shape index (κ1) is 23.5. The molecule has 0 amide bonds. The first-order valence-electron chi connectivity index (χ1n) is 9.70. The van der Waals surface area contributed by atoms with Crippen LogP contribution in [0.4, 0.5) is 8.78 Å². The average molecular weight is 463 g/mol. The summed E-state index contributed by atoms with van der Waals surface area (Å²) in [6.45, 7) is 2.64. The molecular formula is C22H21ClF2N4O3. The molecule has 1 heterocycles. The number of aliphatic hydroxyl groups is 1. The zero-order valence-corrected chi connectivity index (χ0v) is 17.7. The van der Waals surface area contributed by atoms with E-state index in [-0.39, 0.29) is 25.2 Å². The molecule has 0 saturated carbocycles. The second kappa shape index (κ2) is 10.4. The molecule has 0 radical (unpaired) electrons. The molecule has 1 unspecified atom stereocenters. The van der Waals surface area contributed by atoms with Gasteiger partial charge in [0.25, 0.3) is 0 Å². The van der Waals surface area contributed by atoms with Gasteiger partial charge >= 0.3 is 5.69 Å². The summed E-state index contributed by atoms with van der Waals surface area (Å²) in [5.74, 6) is -2.24. The minimum atomic E-state index is -1.10. The van der Waals surface area contributed by atoms with Crippen LogP contribution in [0.2, 0.25) is 5.02 Å². The highest BCUT2D eigenvalue weighted by Gasteiger charge is 2.20. The number of allylic oxidation sites excluding steroid dienone is 1. The second-order valence-corrected chi connectivity index (χ2v) is 7.40. The summed E-state index contributed by atoms with van der Waals surface area (Å²) in [5.41, 5.74) is 0.0374. The molecule has 0 bridgehead atoms. The molecule has 3 rings (SSSR count). The van der Waals surface area contributed by atoms with Crippen molar-refractivity contribution >= 4 is 17.4 Å². The van der Waals surface area contributed by atoms with Gasteiger partial charge in [-0.25, -0.2) is 18.3 Å². The predicted molar refractivity (Wildman–Crippen MR) is 116 cm³/mol. The van der Waals surface area contributed by atoms with Crippen molar-refractivity contribution < 1.29 is 18.7 Å². The Morgan fingerprint density at radius 1 is 1.25 bits per heavy atom.